The molecule has 0 aliphatic carbocycles. The number of nitrogens with zero attached hydrogens (tertiary/aromatic N) is 1. The maximum Gasteiger partial charge on any atom is 0.248 e. The van der Waals surface area contributed by atoms with Crippen molar-refractivity contribution in [1.29, 1.82) is 0 Å². The third-order valence-corrected chi connectivity index (χ3v) is 3.99. The lowest BCUT2D eigenvalue weighted by molar-refractivity contribution is -0.239. The maximum atomic E-state index is 12.1. The molecule has 1 aliphatic heterocycles. The van der Waals surface area contributed by atoms with E-state index in [0.29, 0.717) is 6.42 Å². The first kappa shape index (κ1) is 18.9. The molecule has 1 heterocycles. The molecule has 0 fully saturated rings. The Morgan fingerprint density at radius 1 is 1.36 bits per heavy atom. The summed E-state index contributed by atoms with van der Waals surface area (Å²) in [6.45, 7) is 8.80. The van der Waals surface area contributed by atoms with Gasteiger partial charge in [0.2, 0.25) is 5.91 Å². The van der Waals surface area contributed by atoms with Gasteiger partial charge in [0.05, 0.1) is 31.3 Å². The number of hydrazine groups is 1. The highest BCUT2D eigenvalue weighted by Gasteiger charge is 2.42. The summed E-state index contributed by atoms with van der Waals surface area (Å²) in [6, 6.07) is 0. The van der Waals surface area contributed by atoms with Crippen LogP contribution in [0.15, 0.2) is 11.8 Å². The maximum absolute atomic E-state index is 12.1. The molecule has 0 bridgehead atoms. The number of aliphatic hydroxyl groups excluding tert-OH is 2. The molecule has 0 aromatic rings. The molecule has 1 aliphatic rings. The lowest BCUT2D eigenvalue weighted by Crippen LogP contribution is -2.59. The molecule has 0 spiro atoms. The fourth-order valence-electron chi connectivity index (χ4n) is 2.90. The van der Waals surface area contributed by atoms with Crippen molar-refractivity contribution in [1.82, 2.24) is 15.9 Å². The van der Waals surface area contributed by atoms with Gasteiger partial charge in [-0.15, -0.1) is 0 Å². The molecule has 22 heavy (non-hydrogen) atoms. The zero-order valence-electron chi connectivity index (χ0n) is 14.4. The van der Waals surface area contributed by atoms with Gasteiger partial charge >= 0.3 is 0 Å². The van der Waals surface area contributed by atoms with E-state index in [1.165, 1.54) is 6.92 Å². The number of amides is 1. The van der Waals surface area contributed by atoms with E-state index in [1.54, 1.807) is 7.11 Å². The quantitative estimate of drug-likeness (QED) is 0.527. The standard InChI is InChI=1S/C15H29N3O4/c1-13(2)7-11(8-14(3,4)18(13)22-6)16-17-12(21)15(5,9-19)10-20/h7,16,19-20H,8-10H2,1-6H3,(H,17,21). The Kier molecular flexibility index (Phi) is 5.61. The van der Waals surface area contributed by atoms with Crippen molar-refractivity contribution < 1.29 is 19.8 Å². The molecular weight excluding hydrogens is 286 g/mol. The van der Waals surface area contributed by atoms with Crippen molar-refractivity contribution in [2.45, 2.75) is 52.1 Å². The van der Waals surface area contributed by atoms with Crippen LogP contribution in [0.3, 0.4) is 0 Å². The van der Waals surface area contributed by atoms with E-state index in [-0.39, 0.29) is 11.1 Å². The van der Waals surface area contributed by atoms with Gasteiger partial charge in [-0.1, -0.05) is 0 Å². The Bertz CT molecular complexity index is 442. The summed E-state index contributed by atoms with van der Waals surface area (Å²) in [4.78, 5) is 17.5. The van der Waals surface area contributed by atoms with Crippen LogP contribution in [-0.2, 0) is 9.63 Å². The number of hydroxylamine groups is 2. The van der Waals surface area contributed by atoms with E-state index in [1.807, 2.05) is 25.0 Å². The molecule has 128 valence electrons. The van der Waals surface area contributed by atoms with Gasteiger partial charge in [0, 0.05) is 17.7 Å². The number of rotatable bonds is 6. The second-order valence-electron chi connectivity index (χ2n) is 7.25. The molecule has 4 N–H and O–H groups in total. The number of hydrogen-bond donors (Lipinski definition) is 4. The van der Waals surface area contributed by atoms with E-state index in [0.717, 1.165) is 5.70 Å². The van der Waals surface area contributed by atoms with Gasteiger partial charge in [-0.05, 0) is 40.7 Å². The van der Waals surface area contributed by atoms with Crippen LogP contribution >= 0.6 is 0 Å². The Balaban J connectivity index is 2.83. The van der Waals surface area contributed by atoms with Crippen LogP contribution in [0.25, 0.3) is 0 Å². The summed E-state index contributed by atoms with van der Waals surface area (Å²) < 4.78 is 0. The predicted octanol–water partition coefficient (Wildman–Crippen LogP) is 0.306. The Morgan fingerprint density at radius 2 is 1.91 bits per heavy atom. The summed E-state index contributed by atoms with van der Waals surface area (Å²) in [5.41, 5.74) is 4.52. The van der Waals surface area contributed by atoms with Crippen molar-refractivity contribution in [2.24, 2.45) is 5.41 Å². The van der Waals surface area contributed by atoms with Crippen LogP contribution in [0.4, 0.5) is 0 Å². The first-order valence-corrected chi connectivity index (χ1v) is 7.37. The molecule has 7 heteroatoms. The molecule has 7 nitrogen and oxygen atoms in total. The molecule has 0 aromatic heterocycles. The van der Waals surface area contributed by atoms with E-state index in [9.17, 15) is 15.0 Å². The van der Waals surface area contributed by atoms with Crippen molar-refractivity contribution in [2.75, 3.05) is 20.3 Å². The number of carbonyl (C=O) groups is 1. The Hall–Kier alpha value is -1.15. The second-order valence-corrected chi connectivity index (χ2v) is 7.25. The molecule has 0 unspecified atom stereocenters. The largest absolute Gasteiger partial charge is 0.395 e. The van der Waals surface area contributed by atoms with Crippen molar-refractivity contribution in [3.05, 3.63) is 11.8 Å². The van der Waals surface area contributed by atoms with Crippen LogP contribution in [0.1, 0.15) is 41.0 Å². The molecule has 0 radical (unpaired) electrons. The van der Waals surface area contributed by atoms with E-state index < -0.39 is 24.5 Å². The molecule has 0 saturated carbocycles. The fraction of sp³-hybridized carbons (Fsp3) is 0.800. The first-order chi connectivity index (χ1) is 10.0. The van der Waals surface area contributed by atoms with Crippen LogP contribution in [0.5, 0.6) is 0 Å². The summed E-state index contributed by atoms with van der Waals surface area (Å²) in [5, 5.41) is 20.4. The molecule has 1 rings (SSSR count). The SMILES string of the molecule is CON1C(C)(C)C=C(NNC(=O)C(C)(CO)CO)CC1(C)C. The van der Waals surface area contributed by atoms with Gasteiger partial charge in [-0.3, -0.25) is 10.2 Å². The number of nitrogens with one attached hydrogen (secondary N) is 2. The minimum atomic E-state index is -1.22. The average molecular weight is 315 g/mol. The van der Waals surface area contributed by atoms with E-state index in [2.05, 4.69) is 24.7 Å². The van der Waals surface area contributed by atoms with Crippen molar-refractivity contribution in [3.8, 4) is 0 Å². The Labute approximate surface area is 132 Å². The number of aliphatic hydroxyl groups is 2. The lowest BCUT2D eigenvalue weighted by atomic mass is 9.86. The van der Waals surface area contributed by atoms with Crippen LogP contribution in [0.2, 0.25) is 0 Å². The summed E-state index contributed by atoms with van der Waals surface area (Å²) in [6.07, 6.45) is 2.64. The minimum absolute atomic E-state index is 0.253. The highest BCUT2D eigenvalue weighted by Crippen LogP contribution is 2.36. The average Bonchev–Trinajstić information content (AvgIpc) is 2.41. The monoisotopic (exact) mass is 315 g/mol. The third-order valence-electron chi connectivity index (χ3n) is 3.99. The van der Waals surface area contributed by atoms with Crippen molar-refractivity contribution in [3.63, 3.8) is 0 Å². The van der Waals surface area contributed by atoms with Gasteiger partial charge in [-0.25, -0.2) is 0 Å². The highest BCUT2D eigenvalue weighted by atomic mass is 16.7. The normalized spacial score (nSPS) is 21.2. The van der Waals surface area contributed by atoms with E-state index >= 15 is 0 Å². The third kappa shape index (κ3) is 3.78. The van der Waals surface area contributed by atoms with E-state index in [4.69, 9.17) is 4.84 Å². The van der Waals surface area contributed by atoms with Gasteiger partial charge in [0.25, 0.3) is 0 Å². The minimum Gasteiger partial charge on any atom is -0.395 e. The lowest BCUT2D eigenvalue weighted by Gasteiger charge is -2.49. The zero-order valence-corrected chi connectivity index (χ0v) is 14.4. The summed E-state index contributed by atoms with van der Waals surface area (Å²) in [7, 11) is 1.64. The molecular formula is C15H29N3O4. The van der Waals surface area contributed by atoms with Crippen LogP contribution < -0.4 is 10.9 Å². The highest BCUT2D eigenvalue weighted by molar-refractivity contribution is 5.82. The Morgan fingerprint density at radius 3 is 2.32 bits per heavy atom. The molecule has 0 saturated heterocycles. The molecule has 0 aromatic carbocycles. The first-order valence-electron chi connectivity index (χ1n) is 7.37. The zero-order chi connectivity index (χ0) is 17.2. The fourth-order valence-corrected chi connectivity index (χ4v) is 2.90. The van der Waals surface area contributed by atoms with Crippen LogP contribution in [0, 0.1) is 5.41 Å². The van der Waals surface area contributed by atoms with Gasteiger partial charge in [-0.2, -0.15) is 5.06 Å². The molecule has 0 atom stereocenters. The number of carbonyl (C=O) groups excluding carboxylic acids is 1. The van der Waals surface area contributed by atoms with Gasteiger partial charge < -0.3 is 20.5 Å². The predicted molar refractivity (Wildman–Crippen MR) is 83.3 cm³/mol. The smallest absolute Gasteiger partial charge is 0.248 e. The van der Waals surface area contributed by atoms with Crippen LogP contribution in [-0.4, -0.2) is 52.6 Å². The van der Waals surface area contributed by atoms with Crippen molar-refractivity contribution >= 4 is 5.91 Å². The number of hydrogen-bond acceptors (Lipinski definition) is 6. The van der Waals surface area contributed by atoms with Gasteiger partial charge in [0.1, 0.15) is 0 Å². The summed E-state index contributed by atoms with van der Waals surface area (Å²) in [5.74, 6) is -0.455. The second kappa shape index (κ2) is 6.54. The topological polar surface area (TPSA) is 94.1 Å². The summed E-state index contributed by atoms with van der Waals surface area (Å²) >= 11 is 0. The molecule has 1 amide bonds. The van der Waals surface area contributed by atoms with Gasteiger partial charge in [0.15, 0.2) is 0 Å².